The molecule has 182 valence electrons. The summed E-state index contributed by atoms with van der Waals surface area (Å²) >= 11 is 0. The van der Waals surface area contributed by atoms with Gasteiger partial charge in [-0.05, 0) is 48.6 Å². The van der Waals surface area contributed by atoms with Gasteiger partial charge < -0.3 is 14.5 Å². The van der Waals surface area contributed by atoms with Crippen LogP contribution in [0, 0.1) is 17.6 Å². The van der Waals surface area contributed by atoms with Crippen LogP contribution in [0.5, 0.6) is 11.6 Å². The smallest absolute Gasteiger partial charge is 0.229 e. The van der Waals surface area contributed by atoms with Crippen molar-refractivity contribution in [1.29, 1.82) is 0 Å². The number of halogens is 2. The first-order valence-corrected chi connectivity index (χ1v) is 12.0. The van der Waals surface area contributed by atoms with E-state index in [1.165, 1.54) is 24.3 Å². The van der Waals surface area contributed by atoms with Crippen molar-refractivity contribution in [3.8, 4) is 11.6 Å². The highest BCUT2D eigenvalue weighted by Gasteiger charge is 2.28. The minimum absolute atomic E-state index is 0.0620. The average Bonchev–Trinajstić information content (AvgIpc) is 2.85. The molecule has 2 aromatic carbocycles. The molecule has 0 N–H and O–H groups in total. The number of ether oxygens (including phenoxy) is 1. The van der Waals surface area contributed by atoms with Gasteiger partial charge in [0.2, 0.25) is 17.7 Å². The normalized spacial score (nSPS) is 16.2. The van der Waals surface area contributed by atoms with E-state index in [9.17, 15) is 13.6 Å². The van der Waals surface area contributed by atoms with Crippen LogP contribution in [0.1, 0.15) is 36.6 Å². The van der Waals surface area contributed by atoms with Crippen LogP contribution >= 0.6 is 0 Å². The topological polar surface area (TPSA) is 58.6 Å². The van der Waals surface area contributed by atoms with E-state index in [4.69, 9.17) is 14.7 Å². The van der Waals surface area contributed by atoms with Crippen LogP contribution in [-0.2, 0) is 24.2 Å². The molecular formula is C27H28F2N4O2. The van der Waals surface area contributed by atoms with Crippen molar-refractivity contribution in [2.75, 3.05) is 24.5 Å². The van der Waals surface area contributed by atoms with E-state index in [0.29, 0.717) is 43.0 Å². The summed E-state index contributed by atoms with van der Waals surface area (Å²) in [4.78, 5) is 26.5. The van der Waals surface area contributed by atoms with Crippen LogP contribution in [0.15, 0.2) is 48.5 Å². The molecule has 8 heteroatoms. The van der Waals surface area contributed by atoms with Gasteiger partial charge in [-0.25, -0.2) is 13.8 Å². The highest BCUT2D eigenvalue weighted by atomic mass is 19.1. The Morgan fingerprint density at radius 2 is 1.80 bits per heavy atom. The summed E-state index contributed by atoms with van der Waals surface area (Å²) < 4.78 is 33.1. The van der Waals surface area contributed by atoms with Gasteiger partial charge in [0, 0.05) is 32.1 Å². The van der Waals surface area contributed by atoms with Gasteiger partial charge in [-0.3, -0.25) is 4.79 Å². The van der Waals surface area contributed by atoms with Crippen molar-refractivity contribution in [3.05, 3.63) is 77.0 Å². The number of rotatable bonds is 5. The zero-order valence-electron chi connectivity index (χ0n) is 19.7. The predicted molar refractivity (Wildman–Crippen MR) is 128 cm³/mol. The quantitative estimate of drug-likeness (QED) is 0.522. The molecular weight excluding hydrogens is 450 g/mol. The van der Waals surface area contributed by atoms with Gasteiger partial charge in [0.15, 0.2) is 0 Å². The monoisotopic (exact) mass is 478 g/mol. The number of amides is 1. The van der Waals surface area contributed by atoms with Gasteiger partial charge in [-0.2, -0.15) is 4.98 Å². The molecule has 2 aliphatic rings. The Balaban J connectivity index is 1.42. The van der Waals surface area contributed by atoms with Crippen LogP contribution in [-0.4, -0.2) is 40.4 Å². The molecule has 6 nitrogen and oxygen atoms in total. The fraction of sp³-hybridized carbons (Fsp3) is 0.370. The van der Waals surface area contributed by atoms with Crippen LogP contribution in [0.3, 0.4) is 0 Å². The van der Waals surface area contributed by atoms with Crippen LogP contribution in [0.25, 0.3) is 0 Å². The van der Waals surface area contributed by atoms with Crippen molar-refractivity contribution in [3.63, 3.8) is 0 Å². The van der Waals surface area contributed by atoms with Crippen molar-refractivity contribution >= 4 is 11.9 Å². The molecule has 3 aromatic rings. The van der Waals surface area contributed by atoms with Crippen molar-refractivity contribution in [1.82, 2.24) is 14.9 Å². The maximum absolute atomic E-state index is 13.8. The summed E-state index contributed by atoms with van der Waals surface area (Å²) in [6, 6.07) is 11.9. The number of benzene rings is 2. The van der Waals surface area contributed by atoms with Crippen molar-refractivity contribution in [2.45, 2.75) is 39.2 Å². The largest absolute Gasteiger partial charge is 0.438 e. The van der Waals surface area contributed by atoms with Gasteiger partial charge in [0.05, 0.1) is 24.2 Å². The average molecular weight is 479 g/mol. The van der Waals surface area contributed by atoms with Gasteiger partial charge in [0.1, 0.15) is 17.4 Å². The molecule has 0 aliphatic carbocycles. The molecule has 0 spiro atoms. The summed E-state index contributed by atoms with van der Waals surface area (Å²) in [6.07, 6.45) is 2.91. The zero-order valence-corrected chi connectivity index (χ0v) is 19.7. The number of piperidine rings is 1. The second kappa shape index (κ2) is 9.98. The first kappa shape index (κ1) is 23.2. The number of carbonyl (C=O) groups is 1. The number of hydrogen-bond acceptors (Lipinski definition) is 5. The first-order chi connectivity index (χ1) is 16.9. The predicted octanol–water partition coefficient (Wildman–Crippen LogP) is 4.91. The van der Waals surface area contributed by atoms with E-state index < -0.39 is 5.82 Å². The summed E-state index contributed by atoms with van der Waals surface area (Å²) in [5, 5.41) is 0. The Hall–Kier alpha value is -3.55. The lowest BCUT2D eigenvalue weighted by Gasteiger charge is -2.33. The Bertz CT molecular complexity index is 1210. The minimum atomic E-state index is -0.397. The number of carbonyl (C=O) groups excluding carboxylic acids is 1. The summed E-state index contributed by atoms with van der Waals surface area (Å²) in [7, 11) is 0. The maximum atomic E-state index is 13.8. The second-order valence-electron chi connectivity index (χ2n) is 9.35. The third-order valence-electron chi connectivity index (χ3n) is 6.71. The van der Waals surface area contributed by atoms with Gasteiger partial charge in [-0.1, -0.05) is 25.1 Å². The molecule has 3 heterocycles. The van der Waals surface area contributed by atoms with E-state index in [1.807, 2.05) is 0 Å². The first-order valence-electron chi connectivity index (χ1n) is 12.0. The standard InChI is InChI=1S/C27H28F2N4O2/c1-18-9-12-32(13-10-18)27-30-24-11-14-33(25(34)15-19-5-7-20(28)8-6-19)17-23(24)26(31-27)35-22-4-2-3-21(29)16-22/h2-8,16,18H,9-15,17H2,1H3. The highest BCUT2D eigenvalue weighted by Crippen LogP contribution is 2.33. The number of aromatic nitrogens is 2. The Labute approximate surface area is 203 Å². The fourth-order valence-corrected chi connectivity index (χ4v) is 4.55. The molecule has 0 bridgehead atoms. The van der Waals surface area contributed by atoms with E-state index in [0.717, 1.165) is 42.8 Å². The molecule has 1 saturated heterocycles. The fourth-order valence-electron chi connectivity index (χ4n) is 4.55. The molecule has 35 heavy (non-hydrogen) atoms. The van der Waals surface area contributed by atoms with Crippen molar-refractivity contribution in [2.24, 2.45) is 5.92 Å². The van der Waals surface area contributed by atoms with Crippen LogP contribution in [0.2, 0.25) is 0 Å². The van der Waals surface area contributed by atoms with Crippen LogP contribution < -0.4 is 9.64 Å². The van der Waals surface area contributed by atoms with Crippen LogP contribution in [0.4, 0.5) is 14.7 Å². The zero-order chi connectivity index (χ0) is 24.4. The number of anilines is 1. The van der Waals surface area contributed by atoms with E-state index in [2.05, 4.69) is 11.8 Å². The van der Waals surface area contributed by atoms with E-state index in [-0.39, 0.29) is 18.1 Å². The molecule has 5 rings (SSSR count). The van der Waals surface area contributed by atoms with E-state index >= 15 is 0 Å². The second-order valence-corrected chi connectivity index (χ2v) is 9.35. The molecule has 1 fully saturated rings. The third kappa shape index (κ3) is 5.42. The SMILES string of the molecule is CC1CCN(c2nc3c(c(Oc4cccc(F)c4)n2)CN(C(=O)Cc2ccc(F)cc2)CC3)CC1. The Morgan fingerprint density at radius 1 is 1.03 bits per heavy atom. The molecule has 0 unspecified atom stereocenters. The molecule has 1 aromatic heterocycles. The van der Waals surface area contributed by atoms with E-state index in [1.54, 1.807) is 29.2 Å². The molecule has 0 radical (unpaired) electrons. The minimum Gasteiger partial charge on any atom is -0.438 e. The molecule has 0 saturated carbocycles. The van der Waals surface area contributed by atoms with Gasteiger partial charge >= 0.3 is 0 Å². The molecule has 2 aliphatic heterocycles. The molecule has 0 atom stereocenters. The summed E-state index contributed by atoms with van der Waals surface area (Å²) in [5.41, 5.74) is 2.34. The number of nitrogens with zero attached hydrogens (tertiary/aromatic N) is 4. The summed E-state index contributed by atoms with van der Waals surface area (Å²) in [6.45, 7) is 4.83. The van der Waals surface area contributed by atoms with Gasteiger partial charge in [0.25, 0.3) is 0 Å². The highest BCUT2D eigenvalue weighted by molar-refractivity contribution is 5.79. The lowest BCUT2D eigenvalue weighted by Crippen LogP contribution is -2.39. The van der Waals surface area contributed by atoms with Crippen molar-refractivity contribution < 1.29 is 18.3 Å². The third-order valence-corrected chi connectivity index (χ3v) is 6.71. The summed E-state index contributed by atoms with van der Waals surface area (Å²) in [5.74, 6) is 1.20. The van der Waals surface area contributed by atoms with Gasteiger partial charge in [-0.15, -0.1) is 0 Å². The Morgan fingerprint density at radius 3 is 2.54 bits per heavy atom. The maximum Gasteiger partial charge on any atom is 0.229 e. The molecule has 1 amide bonds. The number of hydrogen-bond donors (Lipinski definition) is 0. The Kier molecular flexibility index (Phi) is 6.61. The lowest BCUT2D eigenvalue weighted by molar-refractivity contribution is -0.131. The lowest BCUT2D eigenvalue weighted by atomic mass is 9.99. The number of fused-ring (bicyclic) bond motifs is 1.